The molecule has 6 heteroatoms. The van der Waals surface area contributed by atoms with E-state index in [2.05, 4.69) is 15.9 Å². The highest BCUT2D eigenvalue weighted by atomic mass is 19.1. The molecule has 5 rings (SSSR count). The topological polar surface area (TPSA) is 48.7 Å². The van der Waals surface area contributed by atoms with Crippen molar-refractivity contribution in [3.8, 4) is 0 Å². The smallest absolute Gasteiger partial charge is 0.251 e. The zero-order valence-electron chi connectivity index (χ0n) is 16.6. The van der Waals surface area contributed by atoms with Crippen LogP contribution in [-0.2, 0) is 0 Å². The summed E-state index contributed by atoms with van der Waals surface area (Å²) in [4.78, 5) is 17.2. The Morgan fingerprint density at radius 1 is 1.03 bits per heavy atom. The van der Waals surface area contributed by atoms with Crippen LogP contribution in [0, 0.1) is 11.7 Å². The Bertz CT molecular complexity index is 938. The highest BCUT2D eigenvalue weighted by Crippen LogP contribution is 2.42. The van der Waals surface area contributed by atoms with E-state index < -0.39 is 0 Å². The van der Waals surface area contributed by atoms with Gasteiger partial charge in [-0.3, -0.25) is 9.69 Å². The van der Waals surface area contributed by atoms with E-state index in [9.17, 15) is 14.3 Å². The van der Waals surface area contributed by atoms with Gasteiger partial charge in [-0.05, 0) is 43.4 Å². The molecular weight excluding hydrogens is 369 g/mol. The number of fused-ring (bicyclic) bond motifs is 4. The number of aliphatic hydroxyl groups excluding tert-OH is 1. The summed E-state index contributed by atoms with van der Waals surface area (Å²) < 4.78 is 16.0. The van der Waals surface area contributed by atoms with Gasteiger partial charge in [0.05, 0.1) is 18.3 Å². The number of piperidine rings is 2. The summed E-state index contributed by atoms with van der Waals surface area (Å²) in [6.45, 7) is 3.61. The van der Waals surface area contributed by atoms with Gasteiger partial charge in [0.1, 0.15) is 5.82 Å². The largest absolute Gasteiger partial charge is 0.394 e. The quantitative estimate of drug-likeness (QED) is 0.865. The standard InChI is InChI=1S/C23H28FN3O2/c24-19-4-1-2-5-21(19)25-10-8-18(9-11-25)26-13-16-12-17(14-26)22(15-28)27-20(16)6-3-7-23(27)29/h1-7,16-18,22,28H,8-15H2/t16-,17+,22+/m1/s1. The van der Waals surface area contributed by atoms with E-state index in [0.29, 0.717) is 23.6 Å². The number of nitrogens with zero attached hydrogens (tertiary/aromatic N) is 3. The van der Waals surface area contributed by atoms with Crippen LogP contribution in [0.25, 0.3) is 0 Å². The Hall–Kier alpha value is -2.18. The molecule has 29 heavy (non-hydrogen) atoms. The van der Waals surface area contributed by atoms with Crippen LogP contribution >= 0.6 is 0 Å². The predicted octanol–water partition coefficient (Wildman–Crippen LogP) is 2.61. The molecule has 0 unspecified atom stereocenters. The van der Waals surface area contributed by atoms with Crippen molar-refractivity contribution in [1.82, 2.24) is 9.47 Å². The molecule has 0 amide bonds. The highest BCUT2D eigenvalue weighted by molar-refractivity contribution is 5.48. The van der Waals surface area contributed by atoms with Crippen molar-refractivity contribution < 1.29 is 9.50 Å². The summed E-state index contributed by atoms with van der Waals surface area (Å²) in [6, 6.07) is 12.9. The molecule has 3 aliphatic rings. The van der Waals surface area contributed by atoms with E-state index in [4.69, 9.17) is 0 Å². The number of benzene rings is 1. The van der Waals surface area contributed by atoms with E-state index in [-0.39, 0.29) is 24.0 Å². The van der Waals surface area contributed by atoms with Gasteiger partial charge in [-0.15, -0.1) is 0 Å². The maximum Gasteiger partial charge on any atom is 0.251 e. The molecular formula is C23H28FN3O2. The minimum Gasteiger partial charge on any atom is -0.394 e. The maximum absolute atomic E-state index is 14.1. The van der Waals surface area contributed by atoms with Gasteiger partial charge in [0.15, 0.2) is 0 Å². The fourth-order valence-electron chi connectivity index (χ4n) is 5.79. The van der Waals surface area contributed by atoms with Gasteiger partial charge in [0, 0.05) is 49.9 Å². The summed E-state index contributed by atoms with van der Waals surface area (Å²) in [7, 11) is 0. The summed E-state index contributed by atoms with van der Waals surface area (Å²) in [6.07, 6.45) is 3.07. The fraction of sp³-hybridized carbons (Fsp3) is 0.522. The zero-order chi connectivity index (χ0) is 20.0. The molecule has 0 saturated carbocycles. The average Bonchev–Trinajstić information content (AvgIpc) is 2.75. The van der Waals surface area contributed by atoms with E-state index in [1.54, 1.807) is 12.1 Å². The second kappa shape index (κ2) is 7.58. The Balaban J connectivity index is 1.32. The van der Waals surface area contributed by atoms with E-state index in [1.807, 2.05) is 22.8 Å². The SMILES string of the molecule is O=c1cccc2n1[C@@H](CO)[C@H]1C[C@@H]2CN(C2CCN(c3ccccc3F)CC2)C1. The number of para-hydroxylation sites is 1. The van der Waals surface area contributed by atoms with Gasteiger partial charge in [-0.25, -0.2) is 4.39 Å². The van der Waals surface area contributed by atoms with Gasteiger partial charge in [-0.1, -0.05) is 18.2 Å². The zero-order valence-corrected chi connectivity index (χ0v) is 16.6. The molecule has 0 aliphatic carbocycles. The van der Waals surface area contributed by atoms with Crippen LogP contribution in [0.5, 0.6) is 0 Å². The minimum absolute atomic E-state index is 0.00268. The normalized spacial score (nSPS) is 27.7. The van der Waals surface area contributed by atoms with Crippen molar-refractivity contribution in [2.75, 3.05) is 37.7 Å². The molecule has 154 valence electrons. The monoisotopic (exact) mass is 397 g/mol. The molecule has 5 nitrogen and oxygen atoms in total. The van der Waals surface area contributed by atoms with Crippen LogP contribution in [0.1, 0.15) is 36.9 Å². The first kappa shape index (κ1) is 18.8. The van der Waals surface area contributed by atoms with Gasteiger partial charge >= 0.3 is 0 Å². The molecule has 0 spiro atoms. The number of anilines is 1. The lowest BCUT2D eigenvalue weighted by Crippen LogP contribution is -2.55. The van der Waals surface area contributed by atoms with Crippen LogP contribution in [0.4, 0.5) is 10.1 Å². The van der Waals surface area contributed by atoms with Crippen molar-refractivity contribution in [3.05, 3.63) is 64.3 Å². The Morgan fingerprint density at radius 3 is 2.59 bits per heavy atom. The van der Waals surface area contributed by atoms with Gasteiger partial charge in [0.2, 0.25) is 0 Å². The van der Waals surface area contributed by atoms with Crippen LogP contribution in [0.3, 0.4) is 0 Å². The van der Waals surface area contributed by atoms with Crippen molar-refractivity contribution in [2.24, 2.45) is 5.92 Å². The Labute approximate surface area is 170 Å². The van der Waals surface area contributed by atoms with E-state index in [1.165, 1.54) is 6.07 Å². The number of aromatic nitrogens is 1. The lowest BCUT2D eigenvalue weighted by molar-refractivity contribution is 0.0327. The van der Waals surface area contributed by atoms with Gasteiger partial charge in [-0.2, -0.15) is 0 Å². The first-order chi connectivity index (χ1) is 14.2. The number of hydrogen-bond donors (Lipinski definition) is 1. The number of halogens is 1. The van der Waals surface area contributed by atoms with Crippen LogP contribution < -0.4 is 10.5 Å². The second-order valence-corrected chi connectivity index (χ2v) is 8.73. The summed E-state index contributed by atoms with van der Waals surface area (Å²) in [5.41, 5.74) is 1.78. The molecule has 2 saturated heterocycles. The first-order valence-electron chi connectivity index (χ1n) is 10.7. The van der Waals surface area contributed by atoms with Crippen molar-refractivity contribution >= 4 is 5.69 Å². The van der Waals surface area contributed by atoms with Gasteiger partial charge < -0.3 is 14.6 Å². The molecule has 3 atom stereocenters. The maximum atomic E-state index is 14.1. The number of likely N-dealkylation sites (tertiary alicyclic amines) is 1. The number of pyridine rings is 1. The molecule has 2 fully saturated rings. The third-order valence-corrected chi connectivity index (χ3v) is 7.19. The van der Waals surface area contributed by atoms with Crippen molar-refractivity contribution in [2.45, 2.75) is 37.3 Å². The molecule has 1 aromatic carbocycles. The van der Waals surface area contributed by atoms with Crippen molar-refractivity contribution in [1.29, 1.82) is 0 Å². The molecule has 0 radical (unpaired) electrons. The average molecular weight is 397 g/mol. The Morgan fingerprint density at radius 2 is 1.83 bits per heavy atom. The lowest BCUT2D eigenvalue weighted by atomic mass is 9.77. The van der Waals surface area contributed by atoms with Gasteiger partial charge in [0.25, 0.3) is 5.56 Å². The van der Waals surface area contributed by atoms with Crippen LogP contribution in [-0.4, -0.2) is 53.4 Å². The predicted molar refractivity (Wildman–Crippen MR) is 111 cm³/mol. The first-order valence-corrected chi connectivity index (χ1v) is 10.7. The van der Waals surface area contributed by atoms with E-state index in [0.717, 1.165) is 51.1 Å². The molecule has 1 N–H and O–H groups in total. The van der Waals surface area contributed by atoms with E-state index >= 15 is 0 Å². The van der Waals surface area contributed by atoms with Crippen LogP contribution in [0.15, 0.2) is 47.3 Å². The number of aliphatic hydroxyl groups is 1. The third kappa shape index (κ3) is 3.28. The fourth-order valence-corrected chi connectivity index (χ4v) is 5.79. The number of rotatable bonds is 3. The molecule has 1 aromatic heterocycles. The number of hydrogen-bond acceptors (Lipinski definition) is 4. The molecule has 3 aliphatic heterocycles. The molecule has 2 bridgehead atoms. The lowest BCUT2D eigenvalue weighted by Gasteiger charge is -2.50. The van der Waals surface area contributed by atoms with Crippen molar-refractivity contribution in [3.63, 3.8) is 0 Å². The molecule has 2 aromatic rings. The highest BCUT2D eigenvalue weighted by Gasteiger charge is 2.42. The summed E-state index contributed by atoms with van der Waals surface area (Å²) in [5.74, 6) is 0.497. The minimum atomic E-state index is -0.147. The molecule has 4 heterocycles. The summed E-state index contributed by atoms with van der Waals surface area (Å²) in [5, 5.41) is 10.0. The second-order valence-electron chi connectivity index (χ2n) is 8.73. The summed E-state index contributed by atoms with van der Waals surface area (Å²) >= 11 is 0. The third-order valence-electron chi connectivity index (χ3n) is 7.19. The Kier molecular flexibility index (Phi) is 4.92. The van der Waals surface area contributed by atoms with Crippen LogP contribution in [0.2, 0.25) is 0 Å².